The summed E-state index contributed by atoms with van der Waals surface area (Å²) in [6.07, 6.45) is 0. The molecule has 5 heteroatoms. The van der Waals surface area contributed by atoms with Gasteiger partial charge < -0.3 is 10.5 Å². The molecular weight excluding hydrogens is 294 g/mol. The van der Waals surface area contributed by atoms with Crippen molar-refractivity contribution >= 4 is 38.5 Å². The molecule has 0 amide bonds. The molecule has 1 aromatic heterocycles. The number of hydrogen-bond acceptors (Lipinski definition) is 3. The number of nitrogens with zero attached hydrogens (tertiary/aromatic N) is 2. The summed E-state index contributed by atoms with van der Waals surface area (Å²) in [5.41, 5.74) is 6.43. The molecule has 0 fully saturated rings. The van der Waals surface area contributed by atoms with E-state index < -0.39 is 0 Å². The van der Waals surface area contributed by atoms with Crippen LogP contribution in [0.1, 0.15) is 20.8 Å². The summed E-state index contributed by atoms with van der Waals surface area (Å²) in [4.78, 5) is 0. The first-order chi connectivity index (χ1) is 8.28. The molecule has 0 aliphatic carbocycles. The molecule has 0 unspecified atom stereocenters. The van der Waals surface area contributed by atoms with Gasteiger partial charge in [0.05, 0.1) is 5.52 Å². The fourth-order valence-corrected chi connectivity index (χ4v) is 2.05. The van der Waals surface area contributed by atoms with E-state index in [2.05, 4.69) is 27.6 Å². The van der Waals surface area contributed by atoms with E-state index >= 15 is 0 Å². The van der Waals surface area contributed by atoms with Gasteiger partial charge in [-0.2, -0.15) is 4.68 Å². The van der Waals surface area contributed by atoms with E-state index in [9.17, 15) is 0 Å². The predicted octanol–water partition coefficient (Wildman–Crippen LogP) is 3.62. The van der Waals surface area contributed by atoms with Gasteiger partial charge in [0, 0.05) is 9.86 Å². The first kappa shape index (κ1) is 13.0. The highest BCUT2D eigenvalue weighted by molar-refractivity contribution is 9.10. The highest BCUT2D eigenvalue weighted by Gasteiger charge is 2.17. The summed E-state index contributed by atoms with van der Waals surface area (Å²) in [6.45, 7) is 9.80. The Morgan fingerprint density at radius 3 is 2.72 bits per heavy atom. The summed E-state index contributed by atoms with van der Waals surface area (Å²) < 4.78 is 8.30. The van der Waals surface area contributed by atoms with Crippen LogP contribution in [0.25, 0.3) is 16.8 Å². The van der Waals surface area contributed by atoms with E-state index in [1.54, 1.807) is 4.68 Å². The summed E-state index contributed by atoms with van der Waals surface area (Å²) in [7, 11) is 0. The first-order valence-corrected chi connectivity index (χ1v) is 6.39. The zero-order valence-corrected chi connectivity index (χ0v) is 12.3. The summed E-state index contributed by atoms with van der Waals surface area (Å²) in [5, 5.41) is 5.15. The Morgan fingerprint density at radius 1 is 1.44 bits per heavy atom. The molecule has 4 nitrogen and oxygen atoms in total. The maximum absolute atomic E-state index is 5.88. The summed E-state index contributed by atoms with van der Waals surface area (Å²) in [5.74, 6) is 0.929. The molecule has 0 bridgehead atoms. The topological polar surface area (TPSA) is 53.1 Å². The van der Waals surface area contributed by atoms with Gasteiger partial charge >= 0.3 is 0 Å². The number of anilines is 1. The number of halogens is 1. The summed E-state index contributed by atoms with van der Waals surface area (Å²) in [6, 6.07) is 5.79. The average Bonchev–Trinajstić information content (AvgIpc) is 2.53. The number of hydrogen-bond donors (Lipinski definition) is 1. The minimum Gasteiger partial charge on any atom is -0.472 e. The number of benzene rings is 1. The van der Waals surface area contributed by atoms with Gasteiger partial charge in [0.1, 0.15) is 5.60 Å². The average molecular weight is 310 g/mol. The highest BCUT2D eigenvalue weighted by Crippen LogP contribution is 2.27. The lowest BCUT2D eigenvalue weighted by molar-refractivity contribution is 0.0857. The van der Waals surface area contributed by atoms with Crippen LogP contribution >= 0.6 is 15.9 Å². The van der Waals surface area contributed by atoms with Crippen LogP contribution in [0, 0.1) is 0 Å². The van der Waals surface area contributed by atoms with E-state index in [1.807, 2.05) is 39.0 Å². The molecule has 0 aliphatic rings. The normalized spacial score (nSPS) is 11.8. The van der Waals surface area contributed by atoms with Crippen molar-refractivity contribution in [2.75, 3.05) is 5.73 Å². The number of ether oxygens (including phenoxy) is 1. The number of rotatable bonds is 2. The van der Waals surface area contributed by atoms with Crippen LogP contribution in [-0.4, -0.2) is 15.4 Å². The van der Waals surface area contributed by atoms with Crippen molar-refractivity contribution in [3.05, 3.63) is 29.3 Å². The van der Waals surface area contributed by atoms with Crippen molar-refractivity contribution in [3.8, 4) is 0 Å². The fourth-order valence-electron chi connectivity index (χ4n) is 1.70. The van der Waals surface area contributed by atoms with Crippen LogP contribution in [0.15, 0.2) is 29.3 Å². The third-order valence-electron chi connectivity index (χ3n) is 2.33. The van der Waals surface area contributed by atoms with Crippen molar-refractivity contribution < 1.29 is 4.74 Å². The van der Waals surface area contributed by atoms with Gasteiger partial charge in [0.25, 0.3) is 0 Å². The predicted molar refractivity (Wildman–Crippen MR) is 78.0 cm³/mol. The van der Waals surface area contributed by atoms with E-state index in [1.165, 1.54) is 0 Å². The Bertz CT molecular complexity index is 610. The van der Waals surface area contributed by atoms with Gasteiger partial charge in [-0.25, -0.2) is 0 Å². The molecule has 0 saturated carbocycles. The SMILES string of the molecule is C=C(OC(C)(C)C)n1nc(N)c2ccc(Br)cc21. The second-order valence-corrected chi connectivity index (χ2v) is 5.98. The molecule has 96 valence electrons. The third-order valence-corrected chi connectivity index (χ3v) is 2.83. The third kappa shape index (κ3) is 2.51. The zero-order valence-electron chi connectivity index (χ0n) is 10.7. The van der Waals surface area contributed by atoms with Crippen LogP contribution in [0.5, 0.6) is 0 Å². The van der Waals surface area contributed by atoms with Crippen LogP contribution in [0.4, 0.5) is 5.82 Å². The first-order valence-electron chi connectivity index (χ1n) is 5.60. The second kappa shape index (κ2) is 4.31. The Hall–Kier alpha value is -1.49. The zero-order chi connectivity index (χ0) is 13.5. The minimum atomic E-state index is -0.323. The summed E-state index contributed by atoms with van der Waals surface area (Å²) >= 11 is 3.43. The molecule has 0 saturated heterocycles. The minimum absolute atomic E-state index is 0.323. The lowest BCUT2D eigenvalue weighted by Crippen LogP contribution is -2.20. The maximum Gasteiger partial charge on any atom is 0.208 e. The molecule has 18 heavy (non-hydrogen) atoms. The number of aromatic nitrogens is 2. The largest absolute Gasteiger partial charge is 0.472 e. The Kier molecular flexibility index (Phi) is 3.11. The van der Waals surface area contributed by atoms with Gasteiger partial charge in [-0.3, -0.25) is 0 Å². The lowest BCUT2D eigenvalue weighted by atomic mass is 10.2. The van der Waals surface area contributed by atoms with Crippen molar-refractivity contribution in [2.24, 2.45) is 0 Å². The molecule has 2 aromatic rings. The molecular formula is C13H16BrN3O. The van der Waals surface area contributed by atoms with Crippen LogP contribution in [-0.2, 0) is 4.74 Å². The monoisotopic (exact) mass is 309 g/mol. The van der Waals surface area contributed by atoms with E-state index in [0.29, 0.717) is 11.7 Å². The molecule has 2 N–H and O–H groups in total. The standard InChI is InChI=1S/C13H16BrN3O/c1-8(18-13(2,3)4)17-11-7-9(14)5-6-10(11)12(15)16-17/h5-7H,1H2,2-4H3,(H2,15,16). The van der Waals surface area contributed by atoms with Crippen LogP contribution in [0.3, 0.4) is 0 Å². The number of fused-ring (bicyclic) bond motifs is 1. The van der Waals surface area contributed by atoms with Gasteiger partial charge in [0.2, 0.25) is 5.88 Å². The molecule has 2 rings (SSSR count). The van der Waals surface area contributed by atoms with Crippen molar-refractivity contribution in [3.63, 3.8) is 0 Å². The van der Waals surface area contributed by atoms with Crippen molar-refractivity contribution in [1.29, 1.82) is 0 Å². The van der Waals surface area contributed by atoms with Gasteiger partial charge in [-0.05, 0) is 45.5 Å². The fraction of sp³-hybridized carbons (Fsp3) is 0.308. The van der Waals surface area contributed by atoms with Gasteiger partial charge in [-0.1, -0.05) is 15.9 Å². The van der Waals surface area contributed by atoms with E-state index in [0.717, 1.165) is 15.4 Å². The van der Waals surface area contributed by atoms with E-state index in [4.69, 9.17) is 10.5 Å². The second-order valence-electron chi connectivity index (χ2n) is 5.07. The van der Waals surface area contributed by atoms with Crippen LogP contribution in [0.2, 0.25) is 0 Å². The molecule has 1 heterocycles. The van der Waals surface area contributed by atoms with Gasteiger partial charge in [-0.15, -0.1) is 5.10 Å². The highest BCUT2D eigenvalue weighted by atomic mass is 79.9. The lowest BCUT2D eigenvalue weighted by Gasteiger charge is -2.22. The maximum atomic E-state index is 5.88. The molecule has 1 aromatic carbocycles. The number of nitrogens with two attached hydrogens (primary N) is 1. The van der Waals surface area contributed by atoms with Crippen molar-refractivity contribution in [2.45, 2.75) is 26.4 Å². The Balaban J connectivity index is 2.51. The van der Waals surface area contributed by atoms with E-state index in [-0.39, 0.29) is 5.60 Å². The Labute approximate surface area is 115 Å². The molecule has 0 atom stereocenters. The smallest absolute Gasteiger partial charge is 0.208 e. The van der Waals surface area contributed by atoms with Crippen molar-refractivity contribution in [1.82, 2.24) is 9.78 Å². The molecule has 0 aliphatic heterocycles. The molecule has 0 spiro atoms. The number of nitrogen functional groups attached to an aromatic ring is 1. The molecule has 0 radical (unpaired) electrons. The van der Waals surface area contributed by atoms with Crippen LogP contribution < -0.4 is 5.73 Å². The Morgan fingerprint density at radius 2 is 2.11 bits per heavy atom. The quantitative estimate of drug-likeness (QED) is 0.862. The van der Waals surface area contributed by atoms with Gasteiger partial charge in [0.15, 0.2) is 5.82 Å².